The molecule has 2 aromatic heterocycles. The Kier molecular flexibility index (Phi) is 7.38. The van der Waals surface area contributed by atoms with Crippen molar-refractivity contribution in [2.24, 2.45) is 0 Å². The monoisotopic (exact) mass is 498 g/mol. The fraction of sp³-hybridized carbons (Fsp3) is 0.241. The van der Waals surface area contributed by atoms with Gasteiger partial charge in [-0.15, -0.1) is 0 Å². The van der Waals surface area contributed by atoms with Crippen LogP contribution in [-0.2, 0) is 12.0 Å². The molecular weight excluding hydrogens is 468 g/mol. The van der Waals surface area contributed by atoms with E-state index >= 15 is 0 Å². The van der Waals surface area contributed by atoms with Gasteiger partial charge in [0.25, 0.3) is 11.8 Å². The van der Waals surface area contributed by atoms with Crippen LogP contribution in [0, 0.1) is 6.92 Å². The molecule has 4 rings (SSSR count). The summed E-state index contributed by atoms with van der Waals surface area (Å²) in [6.45, 7) is 8.41. The molecule has 0 spiro atoms. The van der Waals surface area contributed by atoms with E-state index in [1.165, 1.54) is 0 Å². The molecule has 8 heteroatoms. The molecule has 0 aliphatic heterocycles. The highest BCUT2D eigenvalue weighted by molar-refractivity contribution is 6.06. The molecule has 2 amide bonds. The Hall–Kier alpha value is -4.46. The first-order valence-corrected chi connectivity index (χ1v) is 11.9. The fourth-order valence-corrected chi connectivity index (χ4v) is 3.80. The molecular formula is C29H30N4O4. The minimum absolute atomic E-state index is 0.111. The number of pyridine rings is 1. The minimum atomic E-state index is -0.301. The largest absolute Gasteiger partial charge is 0.496 e. The van der Waals surface area contributed by atoms with Gasteiger partial charge in [0.2, 0.25) is 0 Å². The molecule has 2 N–H and O–H groups in total. The molecule has 0 aliphatic carbocycles. The van der Waals surface area contributed by atoms with E-state index in [2.05, 4.69) is 41.5 Å². The Morgan fingerprint density at radius 3 is 2.51 bits per heavy atom. The molecule has 0 radical (unpaired) electrons. The first-order valence-electron chi connectivity index (χ1n) is 11.9. The third-order valence-electron chi connectivity index (χ3n) is 5.96. The number of hydrogen-bond donors (Lipinski definition) is 2. The molecule has 2 heterocycles. The van der Waals surface area contributed by atoms with Crippen LogP contribution in [-0.4, -0.2) is 29.1 Å². The van der Waals surface area contributed by atoms with Gasteiger partial charge in [-0.25, -0.2) is 0 Å². The maximum absolute atomic E-state index is 13.2. The highest BCUT2D eigenvalue weighted by atomic mass is 16.5. The number of methoxy groups -OCH3 is 1. The van der Waals surface area contributed by atoms with Crippen molar-refractivity contribution in [3.8, 4) is 17.0 Å². The summed E-state index contributed by atoms with van der Waals surface area (Å²) >= 11 is 0. The van der Waals surface area contributed by atoms with Crippen LogP contribution in [0.4, 0.5) is 5.69 Å². The topological polar surface area (TPSA) is 106 Å². The minimum Gasteiger partial charge on any atom is -0.496 e. The molecule has 0 atom stereocenters. The maximum atomic E-state index is 13.2. The van der Waals surface area contributed by atoms with Gasteiger partial charge in [-0.05, 0) is 59.9 Å². The number of nitrogens with one attached hydrogen (secondary N) is 2. The smallest absolute Gasteiger partial charge is 0.270 e. The summed E-state index contributed by atoms with van der Waals surface area (Å²) in [5.74, 6) is 0.435. The van der Waals surface area contributed by atoms with Gasteiger partial charge in [-0.1, -0.05) is 44.1 Å². The van der Waals surface area contributed by atoms with E-state index in [1.54, 1.807) is 37.6 Å². The molecule has 0 aliphatic rings. The van der Waals surface area contributed by atoms with E-state index in [0.29, 0.717) is 34.1 Å². The van der Waals surface area contributed by atoms with E-state index in [1.807, 2.05) is 43.3 Å². The van der Waals surface area contributed by atoms with Crippen LogP contribution in [0.2, 0.25) is 0 Å². The lowest BCUT2D eigenvalue weighted by Gasteiger charge is -2.21. The third kappa shape index (κ3) is 6.03. The highest BCUT2D eigenvalue weighted by Gasteiger charge is 2.20. The number of ether oxygens (including phenoxy) is 1. The van der Waals surface area contributed by atoms with Crippen LogP contribution < -0.4 is 15.4 Å². The molecule has 0 fully saturated rings. The predicted octanol–water partition coefficient (Wildman–Crippen LogP) is 5.53. The lowest BCUT2D eigenvalue weighted by Crippen LogP contribution is -2.23. The highest BCUT2D eigenvalue weighted by Crippen LogP contribution is 2.30. The summed E-state index contributed by atoms with van der Waals surface area (Å²) in [5.41, 5.74) is 4.69. The van der Waals surface area contributed by atoms with Gasteiger partial charge >= 0.3 is 0 Å². The van der Waals surface area contributed by atoms with Crippen molar-refractivity contribution in [1.29, 1.82) is 0 Å². The SMILES string of the molecule is COc1ccc(C(C)(C)C)cc1C(=O)Nc1ccc(C)c(-c2cc(CNC(=O)c3ccccn3)on2)c1. The summed E-state index contributed by atoms with van der Waals surface area (Å²) < 4.78 is 10.9. The normalized spacial score (nSPS) is 11.2. The molecule has 0 saturated heterocycles. The van der Waals surface area contributed by atoms with E-state index in [4.69, 9.17) is 9.26 Å². The van der Waals surface area contributed by atoms with Gasteiger partial charge in [0.15, 0.2) is 5.76 Å². The number of aromatic nitrogens is 2. The zero-order chi connectivity index (χ0) is 26.6. The van der Waals surface area contributed by atoms with Crippen LogP contribution in [0.3, 0.4) is 0 Å². The average Bonchev–Trinajstić information content (AvgIpc) is 3.36. The Morgan fingerprint density at radius 1 is 1.00 bits per heavy atom. The second kappa shape index (κ2) is 10.7. The number of nitrogens with zero attached hydrogens (tertiary/aromatic N) is 2. The first kappa shape index (κ1) is 25.6. The zero-order valence-electron chi connectivity index (χ0n) is 21.6. The predicted molar refractivity (Wildman–Crippen MR) is 142 cm³/mol. The van der Waals surface area contributed by atoms with Gasteiger partial charge in [0, 0.05) is 23.5 Å². The zero-order valence-corrected chi connectivity index (χ0v) is 21.6. The van der Waals surface area contributed by atoms with E-state index in [-0.39, 0.29) is 23.8 Å². The summed E-state index contributed by atoms with van der Waals surface area (Å²) in [6.07, 6.45) is 1.56. The molecule has 190 valence electrons. The maximum Gasteiger partial charge on any atom is 0.270 e. The van der Waals surface area contributed by atoms with Crippen molar-refractivity contribution in [3.63, 3.8) is 0 Å². The van der Waals surface area contributed by atoms with E-state index < -0.39 is 0 Å². The second-order valence-corrected chi connectivity index (χ2v) is 9.73. The Bertz CT molecular complexity index is 1420. The Balaban J connectivity index is 1.51. The molecule has 0 unspecified atom stereocenters. The van der Waals surface area contributed by atoms with E-state index in [0.717, 1.165) is 16.7 Å². The van der Waals surface area contributed by atoms with Crippen molar-refractivity contribution in [3.05, 3.63) is 95.0 Å². The average molecular weight is 499 g/mol. The molecule has 2 aromatic carbocycles. The summed E-state index contributed by atoms with van der Waals surface area (Å²) in [5, 5.41) is 9.91. The van der Waals surface area contributed by atoms with E-state index in [9.17, 15) is 9.59 Å². The van der Waals surface area contributed by atoms with Crippen molar-refractivity contribution < 1.29 is 18.8 Å². The molecule has 37 heavy (non-hydrogen) atoms. The Morgan fingerprint density at radius 2 is 1.81 bits per heavy atom. The number of carbonyl (C=O) groups excluding carboxylic acids is 2. The summed E-state index contributed by atoms with van der Waals surface area (Å²) in [6, 6.07) is 18.2. The van der Waals surface area contributed by atoms with Crippen LogP contribution in [0.1, 0.15) is 58.5 Å². The number of anilines is 1. The third-order valence-corrected chi connectivity index (χ3v) is 5.96. The summed E-state index contributed by atoms with van der Waals surface area (Å²) in [7, 11) is 1.55. The van der Waals surface area contributed by atoms with Crippen LogP contribution in [0.25, 0.3) is 11.3 Å². The van der Waals surface area contributed by atoms with Crippen molar-refractivity contribution in [2.75, 3.05) is 12.4 Å². The van der Waals surface area contributed by atoms with Crippen LogP contribution in [0.15, 0.2) is 71.4 Å². The quantitative estimate of drug-likeness (QED) is 0.347. The molecule has 4 aromatic rings. The van der Waals surface area contributed by atoms with Gasteiger partial charge < -0.3 is 19.9 Å². The molecule has 8 nitrogen and oxygen atoms in total. The number of carbonyl (C=O) groups is 2. The standard InChI is InChI=1S/C29H30N4O4/c1-18-9-11-20(32-27(34)23-14-19(29(2,3)4)10-12-26(23)36-5)15-22(18)25-16-21(37-33-25)17-31-28(35)24-8-6-7-13-30-24/h6-16H,17H2,1-5H3,(H,31,35)(H,32,34). The summed E-state index contributed by atoms with van der Waals surface area (Å²) in [4.78, 5) is 29.5. The first-order chi connectivity index (χ1) is 17.7. The second-order valence-electron chi connectivity index (χ2n) is 9.73. The van der Waals surface area contributed by atoms with Gasteiger partial charge in [0.1, 0.15) is 17.1 Å². The lowest BCUT2D eigenvalue weighted by molar-refractivity contribution is 0.0941. The number of rotatable bonds is 7. The fourth-order valence-electron chi connectivity index (χ4n) is 3.80. The van der Waals surface area contributed by atoms with Gasteiger partial charge in [-0.2, -0.15) is 0 Å². The lowest BCUT2D eigenvalue weighted by atomic mass is 9.86. The number of benzene rings is 2. The van der Waals surface area contributed by atoms with Crippen molar-refractivity contribution >= 4 is 17.5 Å². The number of aryl methyl sites for hydroxylation is 1. The van der Waals surface area contributed by atoms with Crippen molar-refractivity contribution in [2.45, 2.75) is 39.7 Å². The molecule has 0 saturated carbocycles. The Labute approximate surface area is 216 Å². The number of hydrogen-bond acceptors (Lipinski definition) is 6. The van der Waals surface area contributed by atoms with Crippen LogP contribution in [0.5, 0.6) is 5.75 Å². The van der Waals surface area contributed by atoms with Gasteiger partial charge in [-0.3, -0.25) is 14.6 Å². The number of amides is 2. The van der Waals surface area contributed by atoms with Crippen LogP contribution >= 0.6 is 0 Å². The van der Waals surface area contributed by atoms with Gasteiger partial charge in [0.05, 0.1) is 19.2 Å². The van der Waals surface area contributed by atoms with Crippen molar-refractivity contribution in [1.82, 2.24) is 15.5 Å². The molecule has 0 bridgehead atoms.